The molecule has 1 rings (SSSR count). The maximum absolute atomic E-state index is 5.78. The highest BCUT2D eigenvalue weighted by Gasteiger charge is 2.47. The van der Waals surface area contributed by atoms with Gasteiger partial charge in [0.05, 0.1) is 0 Å². The second kappa shape index (κ2) is 2.17. The highest BCUT2D eigenvalue weighted by molar-refractivity contribution is 6.36. The third-order valence-corrected chi connectivity index (χ3v) is 2.67. The third kappa shape index (κ3) is 1.42. The normalized spacial score (nSPS) is 32.4. The van der Waals surface area contributed by atoms with Gasteiger partial charge in [0.1, 0.15) is 0 Å². The van der Waals surface area contributed by atoms with Crippen LogP contribution in [0.15, 0.2) is 10.6 Å². The van der Waals surface area contributed by atoms with Gasteiger partial charge >= 0.3 is 0 Å². The Morgan fingerprint density at radius 1 is 1.67 bits per heavy atom. The molecule has 1 unspecified atom stereocenters. The Balaban J connectivity index is 2.52. The summed E-state index contributed by atoms with van der Waals surface area (Å²) in [4.78, 5) is 0. The van der Waals surface area contributed by atoms with Gasteiger partial charge in [-0.2, -0.15) is 0 Å². The highest BCUT2D eigenvalue weighted by atomic mass is 35.5. The Hall–Kier alpha value is 0.320. The molecule has 1 saturated carbocycles. The fraction of sp³-hybridized carbons (Fsp3) is 0.714. The molecule has 0 heterocycles. The lowest BCUT2D eigenvalue weighted by Crippen LogP contribution is -1.88. The Labute approximate surface area is 65.8 Å². The molecule has 0 aromatic rings. The fourth-order valence-corrected chi connectivity index (χ4v) is 1.54. The van der Waals surface area contributed by atoms with E-state index in [9.17, 15) is 0 Å². The molecule has 0 saturated heterocycles. The molecule has 0 bridgehead atoms. The summed E-state index contributed by atoms with van der Waals surface area (Å²) in [6.07, 6.45) is 1.18. The SMILES string of the molecule is CC1(C)CC1C(Cl)=CCl. The predicted octanol–water partition coefficient (Wildman–Crippen LogP) is 3.35. The van der Waals surface area contributed by atoms with Crippen LogP contribution >= 0.6 is 23.2 Å². The zero-order valence-electron chi connectivity index (χ0n) is 5.62. The number of halogens is 2. The van der Waals surface area contributed by atoms with Gasteiger partial charge in [0.25, 0.3) is 0 Å². The summed E-state index contributed by atoms with van der Waals surface area (Å²) in [5.41, 5.74) is 1.88. The molecule has 0 amide bonds. The lowest BCUT2D eigenvalue weighted by molar-refractivity contribution is 0.606. The standard InChI is InChI=1S/C7H10Cl2/c1-7(2)3-5(7)6(9)4-8/h4-5H,3H2,1-2H3. The van der Waals surface area contributed by atoms with Gasteiger partial charge in [-0.1, -0.05) is 37.0 Å². The van der Waals surface area contributed by atoms with Crippen molar-refractivity contribution >= 4 is 23.2 Å². The minimum Gasteiger partial charge on any atom is -0.0917 e. The summed E-state index contributed by atoms with van der Waals surface area (Å²) in [5.74, 6) is 0.525. The number of rotatable bonds is 1. The van der Waals surface area contributed by atoms with E-state index in [0.717, 1.165) is 5.03 Å². The third-order valence-electron chi connectivity index (χ3n) is 1.95. The lowest BCUT2D eigenvalue weighted by atomic mass is 10.1. The summed E-state index contributed by atoms with van der Waals surface area (Å²) >= 11 is 11.2. The van der Waals surface area contributed by atoms with Crippen molar-refractivity contribution in [2.24, 2.45) is 11.3 Å². The maximum atomic E-state index is 5.78. The molecule has 0 spiro atoms. The van der Waals surface area contributed by atoms with Crippen molar-refractivity contribution in [1.29, 1.82) is 0 Å². The maximum Gasteiger partial charge on any atom is 0.0330 e. The monoisotopic (exact) mass is 164 g/mol. The van der Waals surface area contributed by atoms with Gasteiger partial charge in [0, 0.05) is 16.5 Å². The molecule has 0 aromatic heterocycles. The van der Waals surface area contributed by atoms with E-state index in [1.54, 1.807) is 0 Å². The molecule has 1 fully saturated rings. The van der Waals surface area contributed by atoms with Crippen LogP contribution in [0.5, 0.6) is 0 Å². The average molecular weight is 165 g/mol. The second-order valence-corrected chi connectivity index (χ2v) is 3.89. The summed E-state index contributed by atoms with van der Waals surface area (Å²) < 4.78 is 0. The smallest absolute Gasteiger partial charge is 0.0330 e. The molecule has 1 aliphatic carbocycles. The van der Waals surface area contributed by atoms with Crippen LogP contribution in [0.25, 0.3) is 0 Å². The quantitative estimate of drug-likeness (QED) is 0.558. The molecule has 0 radical (unpaired) electrons. The van der Waals surface area contributed by atoms with E-state index in [1.807, 2.05) is 0 Å². The molecule has 2 heteroatoms. The van der Waals surface area contributed by atoms with Crippen molar-refractivity contribution in [2.45, 2.75) is 20.3 Å². The van der Waals surface area contributed by atoms with E-state index in [1.165, 1.54) is 12.0 Å². The van der Waals surface area contributed by atoms with E-state index in [2.05, 4.69) is 13.8 Å². The van der Waals surface area contributed by atoms with Crippen molar-refractivity contribution in [2.75, 3.05) is 0 Å². The van der Waals surface area contributed by atoms with E-state index >= 15 is 0 Å². The lowest BCUT2D eigenvalue weighted by Gasteiger charge is -1.98. The Morgan fingerprint density at radius 3 is 2.22 bits per heavy atom. The first-order valence-electron chi connectivity index (χ1n) is 3.04. The van der Waals surface area contributed by atoms with Crippen LogP contribution in [0.2, 0.25) is 0 Å². The van der Waals surface area contributed by atoms with Crippen LogP contribution in [0, 0.1) is 11.3 Å². The van der Waals surface area contributed by atoms with Gasteiger partial charge in [0.15, 0.2) is 0 Å². The second-order valence-electron chi connectivity index (χ2n) is 3.24. The fourth-order valence-electron chi connectivity index (χ4n) is 1.01. The summed E-state index contributed by atoms with van der Waals surface area (Å²) in [6, 6.07) is 0. The van der Waals surface area contributed by atoms with Crippen molar-refractivity contribution in [3.63, 3.8) is 0 Å². The molecule has 1 atom stereocenters. The molecule has 0 nitrogen and oxygen atoms in total. The minimum absolute atomic E-state index is 0.405. The molecule has 52 valence electrons. The van der Waals surface area contributed by atoms with E-state index in [0.29, 0.717) is 11.3 Å². The Kier molecular flexibility index (Phi) is 1.79. The summed E-state index contributed by atoms with van der Waals surface area (Å²) in [7, 11) is 0. The van der Waals surface area contributed by atoms with Gasteiger partial charge in [-0.3, -0.25) is 0 Å². The van der Waals surface area contributed by atoms with E-state index in [-0.39, 0.29) is 0 Å². The number of hydrogen-bond acceptors (Lipinski definition) is 0. The molecule has 0 aromatic carbocycles. The van der Waals surface area contributed by atoms with Crippen molar-refractivity contribution in [3.05, 3.63) is 10.6 Å². The zero-order chi connectivity index (χ0) is 7.07. The molecule has 0 aliphatic heterocycles. The first-order valence-corrected chi connectivity index (χ1v) is 3.85. The van der Waals surface area contributed by atoms with Gasteiger partial charge < -0.3 is 0 Å². The van der Waals surface area contributed by atoms with E-state index < -0.39 is 0 Å². The van der Waals surface area contributed by atoms with Crippen LogP contribution < -0.4 is 0 Å². The first-order chi connectivity index (χ1) is 4.08. The number of allylic oxidation sites excluding steroid dienone is 1. The molecular formula is C7H10Cl2. The molecule has 0 N–H and O–H groups in total. The molecule has 1 aliphatic rings. The average Bonchev–Trinajstić information content (AvgIpc) is 2.38. The van der Waals surface area contributed by atoms with Crippen LogP contribution in [0.3, 0.4) is 0 Å². The number of hydrogen-bond donors (Lipinski definition) is 0. The minimum atomic E-state index is 0.405. The topological polar surface area (TPSA) is 0 Å². The van der Waals surface area contributed by atoms with Gasteiger partial charge in [-0.05, 0) is 11.8 Å². The summed E-state index contributed by atoms with van der Waals surface area (Å²) in [6.45, 7) is 4.39. The van der Waals surface area contributed by atoms with Crippen molar-refractivity contribution < 1.29 is 0 Å². The van der Waals surface area contributed by atoms with Crippen molar-refractivity contribution in [3.8, 4) is 0 Å². The van der Waals surface area contributed by atoms with Crippen molar-refractivity contribution in [1.82, 2.24) is 0 Å². The van der Waals surface area contributed by atoms with Gasteiger partial charge in [-0.15, -0.1) is 0 Å². The molecular weight excluding hydrogens is 155 g/mol. The predicted molar refractivity (Wildman–Crippen MR) is 41.7 cm³/mol. The highest BCUT2D eigenvalue weighted by Crippen LogP contribution is 2.56. The zero-order valence-corrected chi connectivity index (χ0v) is 7.13. The molecule has 9 heavy (non-hydrogen) atoms. The largest absolute Gasteiger partial charge is 0.0917 e. The van der Waals surface area contributed by atoms with E-state index in [4.69, 9.17) is 23.2 Å². The summed E-state index contributed by atoms with van der Waals surface area (Å²) in [5, 5.41) is 0.807. The first kappa shape index (κ1) is 7.43. The van der Waals surface area contributed by atoms with Gasteiger partial charge in [-0.25, -0.2) is 0 Å². The van der Waals surface area contributed by atoms with Crippen LogP contribution in [-0.4, -0.2) is 0 Å². The Bertz CT molecular complexity index is 147. The van der Waals surface area contributed by atoms with Gasteiger partial charge in [0.2, 0.25) is 0 Å². The van der Waals surface area contributed by atoms with Crippen LogP contribution in [0.4, 0.5) is 0 Å². The van der Waals surface area contributed by atoms with Crippen LogP contribution in [-0.2, 0) is 0 Å². The van der Waals surface area contributed by atoms with Crippen LogP contribution in [0.1, 0.15) is 20.3 Å². The Morgan fingerprint density at radius 2 is 2.11 bits per heavy atom.